The van der Waals surface area contributed by atoms with Crippen molar-refractivity contribution in [3.8, 4) is 11.5 Å². The highest BCUT2D eigenvalue weighted by Gasteiger charge is 2.44. The van der Waals surface area contributed by atoms with Gasteiger partial charge in [0.1, 0.15) is 29.0 Å². The predicted octanol–water partition coefficient (Wildman–Crippen LogP) is 11.8. The highest BCUT2D eigenvalue weighted by Crippen LogP contribution is 2.47. The van der Waals surface area contributed by atoms with Crippen LogP contribution < -0.4 is 19.7 Å². The van der Waals surface area contributed by atoms with E-state index in [9.17, 15) is 18.4 Å². The van der Waals surface area contributed by atoms with Crippen molar-refractivity contribution in [2.45, 2.75) is 54.6 Å². The van der Waals surface area contributed by atoms with Gasteiger partial charge >= 0.3 is 5.97 Å². The number of carbonyl (C=O) groups excluding carboxylic acids is 2. The lowest BCUT2D eigenvalue weighted by atomic mass is 9.93. The zero-order valence-corrected chi connectivity index (χ0v) is 48.0. The van der Waals surface area contributed by atoms with Gasteiger partial charge in [-0.1, -0.05) is 116 Å². The van der Waals surface area contributed by atoms with Gasteiger partial charge in [-0.2, -0.15) is 0 Å². The van der Waals surface area contributed by atoms with E-state index in [1.807, 2.05) is 122 Å². The van der Waals surface area contributed by atoms with Crippen LogP contribution in [0.15, 0.2) is 168 Å². The zero-order valence-electron chi connectivity index (χ0n) is 44.8. The van der Waals surface area contributed by atoms with Crippen LogP contribution in [0.1, 0.15) is 59.4 Å². The number of halogens is 5. The Hall–Kier alpha value is -5.97. The van der Waals surface area contributed by atoms with Crippen LogP contribution in [0.3, 0.4) is 0 Å². The van der Waals surface area contributed by atoms with Gasteiger partial charge in [-0.3, -0.25) is 24.4 Å². The maximum Gasteiger partial charge on any atom is 0.303 e. The average molecular weight is 1140 g/mol. The smallest absolute Gasteiger partial charge is 0.303 e. The summed E-state index contributed by atoms with van der Waals surface area (Å²) in [5.41, 5.74) is 6.07. The standard InChI is InChI=1S/C26H26F2N2.C22H26N2O4S.C13H16N2O.3ClH/c27-24-12-8-22(9-13-24)26(23-10-14-25(28)15-11-23)30-19-17-29(18-20-30)16-4-7-21-5-2-1-3-6-21;1-15(25)28-20-21(16-9-11-17(27-4)12-10-16)29-19-8-6-5-7-18(19)24(22(20)26)14-13-23(2)3;1-2-13(12-14-7-8-15-12)9-10-5-3-4-6-11(10)16-13;;;/h1-15,26H,16-20H2;5-12,20-21H,13-14H2,1-4H3;3-6H,2,7-9H2,1H3,(H,14,15);3*1H/b7-4+;;;;;/t;20-,21+;;;;/m.1..../s1. The van der Waals surface area contributed by atoms with E-state index < -0.39 is 12.1 Å². The second-order valence-corrected chi connectivity index (χ2v) is 20.3. The molecule has 6 aromatic carbocycles. The summed E-state index contributed by atoms with van der Waals surface area (Å²) in [5, 5.41) is 2.99. The molecule has 0 bridgehead atoms. The molecule has 1 unspecified atom stereocenters. The van der Waals surface area contributed by atoms with E-state index in [1.54, 1.807) is 23.8 Å². The van der Waals surface area contributed by atoms with Crippen LogP contribution in [0.5, 0.6) is 11.5 Å². The summed E-state index contributed by atoms with van der Waals surface area (Å²) < 4.78 is 43.9. The number of likely N-dealkylation sites (N-methyl/N-ethyl adjacent to an activating group) is 1. The van der Waals surface area contributed by atoms with Gasteiger partial charge in [-0.15, -0.1) is 49.0 Å². The molecular weight excluding hydrogens is 1070 g/mol. The molecule has 4 heterocycles. The Bertz CT molecular complexity index is 2810. The van der Waals surface area contributed by atoms with E-state index in [1.165, 1.54) is 42.3 Å². The molecule has 0 aromatic heterocycles. The maximum absolute atomic E-state index is 13.6. The fourth-order valence-corrected chi connectivity index (χ4v) is 11.1. The van der Waals surface area contributed by atoms with Crippen LogP contribution in [0.25, 0.3) is 6.08 Å². The minimum absolute atomic E-state index is 0. The molecule has 10 rings (SSSR count). The number of methoxy groups -OCH3 is 1. The molecule has 0 spiro atoms. The van der Waals surface area contributed by atoms with E-state index in [-0.39, 0.29) is 71.7 Å². The van der Waals surface area contributed by atoms with Crippen LogP contribution in [0, 0.1) is 11.6 Å². The summed E-state index contributed by atoms with van der Waals surface area (Å²) in [5.74, 6) is 1.61. The lowest BCUT2D eigenvalue weighted by Gasteiger charge is -2.39. The SMILES string of the molecule is CCC1(C2=NCCN2)Cc2ccccc2O1.COc1ccc([C@@H]2Sc3ccccc3N(CCN(C)C)C(=O)[C@@H]2OC(C)=O)cc1.Cl.Cl.Cl.Fc1ccc(C(c2ccc(F)cc2)N2CCN(C/C=C/c3ccccc3)CC2)cc1. The molecule has 1 N–H and O–H groups in total. The number of amidine groups is 1. The molecule has 0 saturated carbocycles. The van der Waals surface area contributed by atoms with Gasteiger partial charge in [-0.25, -0.2) is 8.78 Å². The number of hydrogen-bond acceptors (Lipinski definition) is 11. The van der Waals surface area contributed by atoms with Gasteiger partial charge in [0.15, 0.2) is 11.7 Å². The summed E-state index contributed by atoms with van der Waals surface area (Å²) in [4.78, 5) is 39.5. The molecule has 3 atom stereocenters. The Morgan fingerprint density at radius 1 is 0.833 bits per heavy atom. The monoisotopic (exact) mass is 1140 g/mol. The summed E-state index contributed by atoms with van der Waals surface area (Å²) in [7, 11) is 5.54. The number of rotatable bonds is 14. The topological polar surface area (TPSA) is 99.2 Å². The van der Waals surface area contributed by atoms with E-state index >= 15 is 0 Å². The number of benzene rings is 6. The van der Waals surface area contributed by atoms with Crippen molar-refractivity contribution in [3.63, 3.8) is 0 Å². The van der Waals surface area contributed by atoms with Crippen molar-refractivity contribution in [2.75, 3.05) is 85.0 Å². The minimum Gasteiger partial charge on any atom is -0.497 e. The number of carbonyl (C=O) groups is 2. The highest BCUT2D eigenvalue weighted by atomic mass is 35.5. The fraction of sp³-hybridized carbons (Fsp3) is 0.328. The van der Waals surface area contributed by atoms with Gasteiger partial charge in [-0.05, 0) is 103 Å². The summed E-state index contributed by atoms with van der Waals surface area (Å²) in [6.45, 7) is 11.2. The first-order valence-corrected chi connectivity index (χ1v) is 26.6. The molecule has 78 heavy (non-hydrogen) atoms. The maximum atomic E-state index is 13.6. The Morgan fingerprint density at radius 2 is 1.45 bits per heavy atom. The number of hydrogen-bond donors (Lipinski definition) is 1. The number of ether oxygens (including phenoxy) is 3. The first-order valence-electron chi connectivity index (χ1n) is 25.7. The number of fused-ring (bicyclic) bond motifs is 2. The van der Waals surface area contributed by atoms with Crippen LogP contribution in [-0.4, -0.2) is 124 Å². The Labute approximate surface area is 481 Å². The number of nitrogens with zero attached hydrogens (tertiary/aromatic N) is 5. The normalized spacial score (nSPS) is 18.7. The lowest BCUT2D eigenvalue weighted by molar-refractivity contribution is -0.152. The second-order valence-electron chi connectivity index (χ2n) is 19.1. The third kappa shape index (κ3) is 16.3. The molecule has 4 aliphatic rings. The number of thioether (sulfide) groups is 1. The predicted molar refractivity (Wildman–Crippen MR) is 318 cm³/mol. The van der Waals surface area contributed by atoms with Gasteiger partial charge < -0.3 is 29.3 Å². The van der Waals surface area contributed by atoms with Crippen molar-refractivity contribution in [1.82, 2.24) is 20.0 Å². The van der Waals surface area contributed by atoms with Gasteiger partial charge in [0.05, 0.1) is 30.6 Å². The van der Waals surface area contributed by atoms with Gasteiger partial charge in [0.25, 0.3) is 5.91 Å². The minimum atomic E-state index is -0.916. The summed E-state index contributed by atoms with van der Waals surface area (Å²) >= 11 is 1.54. The zero-order chi connectivity index (χ0) is 52.7. The van der Waals surface area contributed by atoms with Crippen molar-refractivity contribution < 1.29 is 32.6 Å². The van der Waals surface area contributed by atoms with E-state index in [0.29, 0.717) is 13.1 Å². The van der Waals surface area contributed by atoms with Crippen LogP contribution >= 0.6 is 49.0 Å². The Kier molecular flexibility index (Phi) is 24.5. The number of nitrogens with one attached hydrogen (secondary N) is 1. The number of anilines is 1. The molecule has 6 aromatic rings. The van der Waals surface area contributed by atoms with Crippen LogP contribution in [0.2, 0.25) is 0 Å². The third-order valence-electron chi connectivity index (χ3n) is 13.8. The molecule has 0 radical (unpaired) electrons. The van der Waals surface area contributed by atoms with Crippen molar-refractivity contribution in [3.05, 3.63) is 197 Å². The van der Waals surface area contributed by atoms with Crippen LogP contribution in [0.4, 0.5) is 14.5 Å². The first kappa shape index (κ1) is 62.9. The molecular formula is C61H71Cl3F2N6O5S. The molecule has 1 amide bonds. The number of para-hydroxylation sites is 2. The molecule has 11 nitrogen and oxygen atoms in total. The number of amides is 1. The molecule has 4 aliphatic heterocycles. The lowest BCUT2D eigenvalue weighted by Crippen LogP contribution is -2.48. The van der Waals surface area contributed by atoms with Crippen molar-refractivity contribution >= 4 is 78.5 Å². The second kappa shape index (κ2) is 30.4. The molecule has 17 heteroatoms. The third-order valence-corrected chi connectivity index (χ3v) is 15.1. The summed E-state index contributed by atoms with van der Waals surface area (Å²) in [6, 6.07) is 47.3. The highest BCUT2D eigenvalue weighted by molar-refractivity contribution is 7.99. The Balaban J connectivity index is 0.000000220. The largest absolute Gasteiger partial charge is 0.497 e. The fourth-order valence-electron chi connectivity index (χ4n) is 9.75. The molecule has 416 valence electrons. The van der Waals surface area contributed by atoms with E-state index in [4.69, 9.17) is 14.2 Å². The van der Waals surface area contributed by atoms with Gasteiger partial charge in [0, 0.05) is 70.6 Å². The number of piperazine rings is 1. The average Bonchev–Trinajstić information content (AvgIpc) is 4.11. The number of aliphatic imine (C=N–C) groups is 1. The Morgan fingerprint density at radius 3 is 2.03 bits per heavy atom. The van der Waals surface area contributed by atoms with Crippen molar-refractivity contribution in [1.29, 1.82) is 0 Å². The quantitative estimate of drug-likeness (QED) is 0.106. The number of esters is 1. The van der Waals surface area contributed by atoms with Gasteiger partial charge in [0.2, 0.25) is 0 Å². The van der Waals surface area contributed by atoms with Crippen molar-refractivity contribution in [2.24, 2.45) is 4.99 Å². The van der Waals surface area contributed by atoms with E-state index in [2.05, 4.69) is 63.5 Å². The molecule has 1 saturated heterocycles. The van der Waals surface area contributed by atoms with Crippen LogP contribution in [-0.2, 0) is 20.7 Å². The molecule has 1 fully saturated rings. The first-order chi connectivity index (χ1) is 36.4. The van der Waals surface area contributed by atoms with E-state index in [0.717, 1.165) is 103 Å². The molecule has 0 aliphatic carbocycles. The summed E-state index contributed by atoms with van der Waals surface area (Å²) in [6.07, 6.45) is 5.34.